The summed E-state index contributed by atoms with van der Waals surface area (Å²) in [6.07, 6.45) is 0. The normalized spacial score (nSPS) is 13.3. The Balaban J connectivity index is 1.24. The fraction of sp³-hybridized carbons (Fsp3) is 0.214. The maximum atomic E-state index is 13.1. The summed E-state index contributed by atoms with van der Waals surface area (Å²) in [5.74, 6) is -0.383. The van der Waals surface area contributed by atoms with Gasteiger partial charge in [0.15, 0.2) is 4.34 Å². The van der Waals surface area contributed by atoms with Crippen LogP contribution in [0.5, 0.6) is 0 Å². The van der Waals surface area contributed by atoms with Gasteiger partial charge in [-0.3, -0.25) is 14.4 Å². The van der Waals surface area contributed by atoms with Crippen LogP contribution in [0.15, 0.2) is 71.1 Å². The number of para-hydroxylation sites is 1. The van der Waals surface area contributed by atoms with Gasteiger partial charge in [0.1, 0.15) is 0 Å². The molecule has 0 aliphatic carbocycles. The molecule has 8 nitrogen and oxygen atoms in total. The highest BCUT2D eigenvalue weighted by Crippen LogP contribution is 2.31. The number of hydrogen-bond donors (Lipinski definition) is 2. The smallest absolute Gasteiger partial charge is 0.256 e. The topological polar surface area (TPSA) is 101 Å². The van der Waals surface area contributed by atoms with E-state index >= 15 is 0 Å². The largest absolute Gasteiger partial charge is 0.378 e. The molecule has 1 aliphatic heterocycles. The molecule has 3 aromatic carbocycles. The molecule has 2 N–H and O–H groups in total. The molecular formula is C28H26N4O4S2. The molecule has 1 saturated heterocycles. The number of anilines is 2. The van der Waals surface area contributed by atoms with Gasteiger partial charge in [0.05, 0.1) is 40.3 Å². The summed E-state index contributed by atoms with van der Waals surface area (Å²) in [6.45, 7) is 3.95. The van der Waals surface area contributed by atoms with E-state index < -0.39 is 0 Å². The number of benzene rings is 3. The molecule has 0 atom stereocenters. The second kappa shape index (κ2) is 11.8. The third-order valence-corrected chi connectivity index (χ3v) is 8.23. The van der Waals surface area contributed by atoms with Gasteiger partial charge in [-0.05, 0) is 48.9 Å². The third kappa shape index (κ3) is 6.04. The van der Waals surface area contributed by atoms with Crippen LogP contribution in [0.1, 0.15) is 26.3 Å². The van der Waals surface area contributed by atoms with Crippen molar-refractivity contribution in [3.63, 3.8) is 0 Å². The van der Waals surface area contributed by atoms with Gasteiger partial charge >= 0.3 is 0 Å². The Labute approximate surface area is 228 Å². The number of nitrogens with one attached hydrogen (secondary N) is 2. The number of thiazole rings is 1. The molecule has 10 heteroatoms. The van der Waals surface area contributed by atoms with Crippen molar-refractivity contribution in [2.45, 2.75) is 11.3 Å². The Hall–Kier alpha value is -3.73. The lowest BCUT2D eigenvalue weighted by Crippen LogP contribution is -2.41. The van der Waals surface area contributed by atoms with Crippen molar-refractivity contribution in [2.75, 3.05) is 42.7 Å². The number of carbonyl (C=O) groups excluding carboxylic acids is 3. The van der Waals surface area contributed by atoms with Crippen LogP contribution in [-0.4, -0.2) is 59.7 Å². The molecule has 0 saturated carbocycles. The first kappa shape index (κ1) is 25.9. The standard InChI is InChI=1S/C28H26N4O4S2/c1-18-6-2-5-9-22(18)30-25(33)17-37-28-31-23-11-10-19(16-24(23)38-28)29-26(34)20-7-3-4-8-21(20)27(35)32-12-14-36-15-13-32/h2-11,16H,12-15,17H2,1H3,(H,29,34)(H,30,33). The highest BCUT2D eigenvalue weighted by molar-refractivity contribution is 8.01. The van der Waals surface area contributed by atoms with E-state index in [2.05, 4.69) is 15.6 Å². The summed E-state index contributed by atoms with van der Waals surface area (Å²) >= 11 is 2.83. The number of aryl methyl sites for hydroxylation is 1. The van der Waals surface area contributed by atoms with Crippen molar-refractivity contribution in [3.8, 4) is 0 Å². The van der Waals surface area contributed by atoms with Crippen LogP contribution in [0.4, 0.5) is 11.4 Å². The first-order chi connectivity index (χ1) is 18.5. The third-order valence-electron chi connectivity index (χ3n) is 6.07. The molecule has 3 amide bonds. The lowest BCUT2D eigenvalue weighted by Gasteiger charge is -2.27. The van der Waals surface area contributed by atoms with Crippen molar-refractivity contribution in [1.29, 1.82) is 0 Å². The number of ether oxygens (including phenoxy) is 1. The number of thioether (sulfide) groups is 1. The number of nitrogens with zero attached hydrogens (tertiary/aromatic N) is 2. The molecule has 0 bridgehead atoms. The average Bonchev–Trinajstić information content (AvgIpc) is 3.35. The molecule has 1 aromatic heterocycles. The van der Waals surface area contributed by atoms with Crippen LogP contribution < -0.4 is 10.6 Å². The van der Waals surface area contributed by atoms with Crippen molar-refractivity contribution < 1.29 is 19.1 Å². The van der Waals surface area contributed by atoms with E-state index in [9.17, 15) is 14.4 Å². The summed E-state index contributed by atoms with van der Waals surface area (Å²) in [5, 5.41) is 5.84. The van der Waals surface area contributed by atoms with Crippen molar-refractivity contribution in [1.82, 2.24) is 9.88 Å². The van der Waals surface area contributed by atoms with Crippen molar-refractivity contribution in [3.05, 3.63) is 83.4 Å². The van der Waals surface area contributed by atoms with E-state index in [0.29, 0.717) is 43.1 Å². The SMILES string of the molecule is Cc1ccccc1NC(=O)CSc1nc2ccc(NC(=O)c3ccccc3C(=O)N3CCOCC3)cc2s1. The predicted molar refractivity (Wildman–Crippen MR) is 151 cm³/mol. The Morgan fingerprint density at radius 1 is 0.974 bits per heavy atom. The minimum Gasteiger partial charge on any atom is -0.378 e. The van der Waals surface area contributed by atoms with Crippen molar-refractivity contribution in [2.24, 2.45) is 0 Å². The summed E-state index contributed by atoms with van der Waals surface area (Å²) in [5.41, 5.74) is 3.90. The average molecular weight is 547 g/mol. The molecule has 4 aromatic rings. The highest BCUT2D eigenvalue weighted by atomic mass is 32.2. The molecule has 194 valence electrons. The second-order valence-corrected chi connectivity index (χ2v) is 11.0. The molecule has 0 radical (unpaired) electrons. The van der Waals surface area contributed by atoms with Gasteiger partial charge < -0.3 is 20.3 Å². The summed E-state index contributed by atoms with van der Waals surface area (Å²) in [7, 11) is 0. The number of amides is 3. The first-order valence-electron chi connectivity index (χ1n) is 12.1. The van der Waals surface area contributed by atoms with Crippen molar-refractivity contribution >= 4 is 62.4 Å². The van der Waals surface area contributed by atoms with E-state index in [1.165, 1.54) is 23.1 Å². The van der Waals surface area contributed by atoms with Crippen LogP contribution >= 0.6 is 23.1 Å². The molecule has 0 unspecified atom stereocenters. The predicted octanol–water partition coefficient (Wildman–Crippen LogP) is 5.06. The number of carbonyl (C=O) groups is 3. The maximum Gasteiger partial charge on any atom is 0.256 e. The first-order valence-corrected chi connectivity index (χ1v) is 13.9. The molecule has 1 fully saturated rings. The lowest BCUT2D eigenvalue weighted by molar-refractivity contribution is -0.113. The van der Waals surface area contributed by atoms with Crippen LogP contribution in [0.2, 0.25) is 0 Å². The van der Waals surface area contributed by atoms with E-state index in [1.807, 2.05) is 43.3 Å². The zero-order chi connectivity index (χ0) is 26.5. The molecule has 0 spiro atoms. The Morgan fingerprint density at radius 3 is 2.50 bits per heavy atom. The molecule has 5 rings (SSSR count). The van der Waals surface area contributed by atoms with Crippen LogP contribution in [0.3, 0.4) is 0 Å². The molecule has 38 heavy (non-hydrogen) atoms. The monoisotopic (exact) mass is 546 g/mol. The van der Waals surface area contributed by atoms with Gasteiger partial charge in [-0.25, -0.2) is 4.98 Å². The van der Waals surface area contributed by atoms with E-state index in [4.69, 9.17) is 4.74 Å². The Kier molecular flexibility index (Phi) is 8.02. The highest BCUT2D eigenvalue weighted by Gasteiger charge is 2.23. The summed E-state index contributed by atoms with van der Waals surface area (Å²) in [4.78, 5) is 44.9. The van der Waals surface area contributed by atoms with E-state index in [1.54, 1.807) is 35.2 Å². The van der Waals surface area contributed by atoms with Gasteiger partial charge in [0, 0.05) is 24.5 Å². The second-order valence-electron chi connectivity index (χ2n) is 8.72. The number of aromatic nitrogens is 1. The number of morpholine rings is 1. The quantitative estimate of drug-likeness (QED) is 0.314. The fourth-order valence-electron chi connectivity index (χ4n) is 4.07. The molecule has 2 heterocycles. The fourth-order valence-corrected chi connectivity index (χ4v) is 5.98. The zero-order valence-corrected chi connectivity index (χ0v) is 22.4. The molecule has 1 aliphatic rings. The van der Waals surface area contributed by atoms with Gasteiger partial charge in [0.25, 0.3) is 11.8 Å². The van der Waals surface area contributed by atoms with E-state index in [-0.39, 0.29) is 23.5 Å². The zero-order valence-electron chi connectivity index (χ0n) is 20.7. The van der Waals surface area contributed by atoms with Crippen LogP contribution in [0, 0.1) is 6.92 Å². The summed E-state index contributed by atoms with van der Waals surface area (Å²) in [6, 6.07) is 20.0. The lowest BCUT2D eigenvalue weighted by atomic mass is 10.0. The minimum atomic E-state index is -0.353. The number of hydrogen-bond acceptors (Lipinski definition) is 7. The van der Waals surface area contributed by atoms with Gasteiger partial charge in [-0.2, -0.15) is 0 Å². The van der Waals surface area contributed by atoms with Gasteiger partial charge in [-0.15, -0.1) is 11.3 Å². The number of rotatable bonds is 7. The molecular weight excluding hydrogens is 520 g/mol. The van der Waals surface area contributed by atoms with E-state index in [0.717, 1.165) is 25.8 Å². The van der Waals surface area contributed by atoms with Gasteiger partial charge in [0.2, 0.25) is 5.91 Å². The van der Waals surface area contributed by atoms with Gasteiger partial charge in [-0.1, -0.05) is 42.1 Å². The maximum absolute atomic E-state index is 13.1. The minimum absolute atomic E-state index is 0.0956. The van der Waals surface area contributed by atoms with Crippen LogP contribution in [-0.2, 0) is 9.53 Å². The van der Waals surface area contributed by atoms with Crippen LogP contribution in [0.25, 0.3) is 10.2 Å². The Morgan fingerprint density at radius 2 is 1.71 bits per heavy atom. The summed E-state index contributed by atoms with van der Waals surface area (Å²) < 4.78 is 7.00. The number of fused-ring (bicyclic) bond motifs is 1. The Bertz CT molecular complexity index is 1500.